The predicted molar refractivity (Wildman–Crippen MR) is 59.4 cm³/mol. The molecule has 0 amide bonds. The lowest BCUT2D eigenvalue weighted by Crippen LogP contribution is -2.38. The van der Waals surface area contributed by atoms with E-state index in [0.29, 0.717) is 24.4 Å². The smallest absolute Gasteiger partial charge is 0.147 e. The lowest BCUT2D eigenvalue weighted by atomic mass is 9.78. The second-order valence-electron chi connectivity index (χ2n) is 4.45. The molecule has 0 unspecified atom stereocenters. The zero-order valence-electron chi connectivity index (χ0n) is 9.41. The van der Waals surface area contributed by atoms with Crippen LogP contribution in [0.4, 0.5) is 4.39 Å². The second-order valence-corrected chi connectivity index (χ2v) is 4.45. The molecule has 0 spiro atoms. The summed E-state index contributed by atoms with van der Waals surface area (Å²) in [6.45, 7) is 0. The number of nitrogens with one attached hydrogen (secondary N) is 1. The van der Waals surface area contributed by atoms with Crippen molar-refractivity contribution in [2.45, 2.75) is 37.3 Å². The molecule has 1 aromatic heterocycles. The number of aromatic nitrogens is 1. The molecule has 0 atom stereocenters. The maximum absolute atomic E-state index is 13.6. The van der Waals surface area contributed by atoms with Crippen LogP contribution in [0.5, 0.6) is 0 Å². The summed E-state index contributed by atoms with van der Waals surface area (Å²) >= 11 is 0. The van der Waals surface area contributed by atoms with Crippen LogP contribution in [0.1, 0.15) is 31.2 Å². The molecule has 16 heavy (non-hydrogen) atoms. The van der Waals surface area contributed by atoms with E-state index in [0.717, 1.165) is 19.0 Å². The van der Waals surface area contributed by atoms with E-state index in [1.54, 1.807) is 6.07 Å². The van der Waals surface area contributed by atoms with E-state index in [1.807, 2.05) is 7.05 Å². The first-order valence-electron chi connectivity index (χ1n) is 5.65. The first kappa shape index (κ1) is 11.5. The molecule has 4 heteroatoms. The highest BCUT2D eigenvalue weighted by atomic mass is 19.1. The van der Waals surface area contributed by atoms with E-state index in [4.69, 9.17) is 0 Å². The van der Waals surface area contributed by atoms with E-state index >= 15 is 0 Å². The normalized spacial score (nSPS) is 30.3. The van der Waals surface area contributed by atoms with Gasteiger partial charge in [-0.25, -0.2) is 4.39 Å². The van der Waals surface area contributed by atoms with Crippen molar-refractivity contribution < 1.29 is 9.50 Å². The van der Waals surface area contributed by atoms with Gasteiger partial charge in [-0.15, -0.1) is 0 Å². The number of rotatable bonds is 2. The Labute approximate surface area is 94.7 Å². The Morgan fingerprint density at radius 2 is 2.19 bits per heavy atom. The highest BCUT2D eigenvalue weighted by Gasteiger charge is 2.36. The first-order chi connectivity index (χ1) is 7.65. The second kappa shape index (κ2) is 4.47. The molecule has 1 heterocycles. The zero-order valence-corrected chi connectivity index (χ0v) is 9.41. The van der Waals surface area contributed by atoms with Crippen LogP contribution >= 0.6 is 0 Å². The van der Waals surface area contributed by atoms with Gasteiger partial charge in [-0.1, -0.05) is 0 Å². The Kier molecular flexibility index (Phi) is 3.21. The molecule has 1 fully saturated rings. The third-order valence-corrected chi connectivity index (χ3v) is 3.49. The average Bonchev–Trinajstić information content (AvgIpc) is 2.30. The van der Waals surface area contributed by atoms with Crippen molar-refractivity contribution in [1.82, 2.24) is 10.3 Å². The summed E-state index contributed by atoms with van der Waals surface area (Å²) in [7, 11) is 1.92. The van der Waals surface area contributed by atoms with Crippen LogP contribution in [0.25, 0.3) is 0 Å². The molecular weight excluding hydrogens is 207 g/mol. The Morgan fingerprint density at radius 3 is 2.75 bits per heavy atom. The molecule has 1 saturated carbocycles. The molecule has 0 bridgehead atoms. The maximum Gasteiger partial charge on any atom is 0.147 e. The molecule has 1 aromatic rings. The highest BCUT2D eigenvalue weighted by Crippen LogP contribution is 2.37. The molecule has 0 radical (unpaired) electrons. The predicted octanol–water partition coefficient (Wildman–Crippen LogP) is 1.57. The molecule has 2 N–H and O–H groups in total. The monoisotopic (exact) mass is 224 g/mol. The Hall–Kier alpha value is -1.00. The average molecular weight is 224 g/mol. The van der Waals surface area contributed by atoms with Crippen LogP contribution in [0, 0.1) is 5.82 Å². The standard InChI is InChI=1S/C12H17FN2O/c1-14-9-2-5-12(16,6-3-9)10-4-7-15-8-11(10)13/h4,7-9,14,16H,2-3,5-6H2,1H3. The van der Waals surface area contributed by atoms with Crippen LogP contribution in [-0.4, -0.2) is 23.2 Å². The number of halogens is 1. The van der Waals surface area contributed by atoms with Gasteiger partial charge in [0.05, 0.1) is 11.8 Å². The van der Waals surface area contributed by atoms with Gasteiger partial charge in [0, 0.05) is 17.8 Å². The molecule has 0 aliphatic heterocycles. The summed E-state index contributed by atoms with van der Waals surface area (Å²) < 4.78 is 13.6. The summed E-state index contributed by atoms with van der Waals surface area (Å²) in [6.07, 6.45) is 5.63. The summed E-state index contributed by atoms with van der Waals surface area (Å²) in [5.41, 5.74) is -0.627. The van der Waals surface area contributed by atoms with E-state index in [2.05, 4.69) is 10.3 Å². The van der Waals surface area contributed by atoms with Gasteiger partial charge in [-0.2, -0.15) is 0 Å². The lowest BCUT2D eigenvalue weighted by molar-refractivity contribution is -0.0107. The molecule has 3 nitrogen and oxygen atoms in total. The van der Waals surface area contributed by atoms with E-state index in [-0.39, 0.29) is 0 Å². The highest BCUT2D eigenvalue weighted by molar-refractivity contribution is 5.22. The quantitative estimate of drug-likeness (QED) is 0.801. The summed E-state index contributed by atoms with van der Waals surface area (Å²) in [4.78, 5) is 3.70. The number of hydrogen-bond donors (Lipinski definition) is 2. The van der Waals surface area contributed by atoms with Gasteiger partial charge in [-0.3, -0.25) is 4.98 Å². The van der Waals surface area contributed by atoms with Crippen molar-refractivity contribution in [3.05, 3.63) is 29.8 Å². The topological polar surface area (TPSA) is 45.1 Å². The van der Waals surface area contributed by atoms with Crippen LogP contribution in [0.15, 0.2) is 18.5 Å². The number of hydrogen-bond acceptors (Lipinski definition) is 3. The van der Waals surface area contributed by atoms with E-state index in [9.17, 15) is 9.50 Å². The number of aliphatic hydroxyl groups is 1. The van der Waals surface area contributed by atoms with Crippen molar-refractivity contribution in [2.24, 2.45) is 0 Å². The minimum atomic E-state index is -1.01. The molecule has 1 aliphatic carbocycles. The Balaban J connectivity index is 2.18. The van der Waals surface area contributed by atoms with Crippen LogP contribution in [-0.2, 0) is 5.60 Å². The fraction of sp³-hybridized carbons (Fsp3) is 0.583. The van der Waals surface area contributed by atoms with Gasteiger partial charge in [-0.05, 0) is 38.8 Å². The molecule has 2 rings (SSSR count). The molecule has 1 aliphatic rings. The van der Waals surface area contributed by atoms with Crippen molar-refractivity contribution in [1.29, 1.82) is 0 Å². The van der Waals surface area contributed by atoms with Crippen LogP contribution in [0.2, 0.25) is 0 Å². The number of pyridine rings is 1. The molecule has 0 aromatic carbocycles. The third kappa shape index (κ3) is 2.08. The van der Waals surface area contributed by atoms with Gasteiger partial charge in [0.2, 0.25) is 0 Å². The van der Waals surface area contributed by atoms with Gasteiger partial charge in [0.25, 0.3) is 0 Å². The molecule has 88 valence electrons. The minimum Gasteiger partial charge on any atom is -0.385 e. The molecule has 0 saturated heterocycles. The van der Waals surface area contributed by atoms with Gasteiger partial charge >= 0.3 is 0 Å². The zero-order chi connectivity index (χ0) is 11.6. The van der Waals surface area contributed by atoms with E-state index < -0.39 is 11.4 Å². The van der Waals surface area contributed by atoms with Crippen LogP contribution in [0.3, 0.4) is 0 Å². The largest absolute Gasteiger partial charge is 0.385 e. The van der Waals surface area contributed by atoms with Crippen molar-refractivity contribution in [3.63, 3.8) is 0 Å². The first-order valence-corrected chi connectivity index (χ1v) is 5.65. The van der Waals surface area contributed by atoms with Crippen molar-refractivity contribution in [2.75, 3.05) is 7.05 Å². The van der Waals surface area contributed by atoms with Crippen LogP contribution < -0.4 is 5.32 Å². The van der Waals surface area contributed by atoms with Crippen molar-refractivity contribution in [3.8, 4) is 0 Å². The fourth-order valence-corrected chi connectivity index (χ4v) is 2.41. The van der Waals surface area contributed by atoms with Crippen molar-refractivity contribution >= 4 is 0 Å². The fourth-order valence-electron chi connectivity index (χ4n) is 2.41. The van der Waals surface area contributed by atoms with Gasteiger partial charge < -0.3 is 10.4 Å². The number of nitrogens with zero attached hydrogens (tertiary/aromatic N) is 1. The third-order valence-electron chi connectivity index (χ3n) is 3.49. The Morgan fingerprint density at radius 1 is 1.50 bits per heavy atom. The summed E-state index contributed by atoms with van der Waals surface area (Å²) in [5, 5.41) is 13.6. The molecular formula is C12H17FN2O. The van der Waals surface area contributed by atoms with Gasteiger partial charge in [0.15, 0.2) is 0 Å². The maximum atomic E-state index is 13.6. The minimum absolute atomic E-state index is 0.386. The SMILES string of the molecule is CNC1CCC(O)(c2ccncc2F)CC1. The summed E-state index contributed by atoms with van der Waals surface area (Å²) in [6, 6.07) is 2.01. The summed E-state index contributed by atoms with van der Waals surface area (Å²) in [5.74, 6) is -0.409. The Bertz CT molecular complexity index is 362. The van der Waals surface area contributed by atoms with Gasteiger partial charge in [0.1, 0.15) is 5.82 Å². The van der Waals surface area contributed by atoms with E-state index in [1.165, 1.54) is 6.20 Å². The lowest BCUT2D eigenvalue weighted by Gasteiger charge is -2.36.